The molecule has 0 amide bonds. The maximum absolute atomic E-state index is 13.3. The molecule has 0 aliphatic carbocycles. The van der Waals surface area contributed by atoms with Gasteiger partial charge in [-0.3, -0.25) is 0 Å². The zero-order valence-corrected chi connectivity index (χ0v) is 15.2. The molecule has 2 aromatic rings. The van der Waals surface area contributed by atoms with Gasteiger partial charge in [0.15, 0.2) is 5.89 Å². The second-order valence-corrected chi connectivity index (χ2v) is 8.60. The maximum Gasteiger partial charge on any atom is 0.281 e. The van der Waals surface area contributed by atoms with Gasteiger partial charge in [0.25, 0.3) is 10.2 Å². The smallest absolute Gasteiger partial charge is 0.281 e. The van der Waals surface area contributed by atoms with Crippen LogP contribution in [0, 0.1) is 5.82 Å². The first-order valence-corrected chi connectivity index (χ1v) is 9.62. The van der Waals surface area contributed by atoms with Crippen molar-refractivity contribution < 1.29 is 17.2 Å². The fraction of sp³-hybridized carbons (Fsp3) is 0.471. The topological polar surface area (TPSA) is 66.7 Å². The summed E-state index contributed by atoms with van der Waals surface area (Å²) in [5.74, 6) is 0.844. The maximum atomic E-state index is 13.3. The van der Waals surface area contributed by atoms with Crippen molar-refractivity contribution in [2.75, 3.05) is 27.2 Å². The minimum Gasteiger partial charge on any atom is -0.445 e. The third-order valence-electron chi connectivity index (χ3n) is 4.36. The first-order valence-electron chi connectivity index (χ1n) is 8.23. The molecule has 1 atom stereocenters. The van der Waals surface area contributed by atoms with Crippen LogP contribution in [0.2, 0.25) is 0 Å². The molecule has 0 radical (unpaired) electrons. The van der Waals surface area contributed by atoms with Gasteiger partial charge >= 0.3 is 0 Å². The molecule has 2 heterocycles. The van der Waals surface area contributed by atoms with E-state index in [2.05, 4.69) is 4.98 Å². The SMILES string of the molecule is CN(C)S(=O)(=O)N1CCC[C@H](c2ncc(Cc3cccc(F)c3)o2)C1. The number of halogens is 1. The zero-order chi connectivity index (χ0) is 18.0. The molecule has 8 heteroatoms. The van der Waals surface area contributed by atoms with Crippen LogP contribution in [-0.4, -0.2) is 49.2 Å². The number of piperidine rings is 1. The summed E-state index contributed by atoms with van der Waals surface area (Å²) in [4.78, 5) is 4.32. The van der Waals surface area contributed by atoms with Crippen LogP contribution < -0.4 is 0 Å². The Hall–Kier alpha value is -1.77. The highest BCUT2D eigenvalue weighted by atomic mass is 32.2. The lowest BCUT2D eigenvalue weighted by molar-refractivity contribution is 0.270. The molecule has 0 unspecified atom stereocenters. The van der Waals surface area contributed by atoms with E-state index in [1.807, 2.05) is 6.07 Å². The van der Waals surface area contributed by atoms with E-state index in [1.54, 1.807) is 12.3 Å². The molecule has 136 valence electrons. The van der Waals surface area contributed by atoms with Gasteiger partial charge in [0, 0.05) is 39.5 Å². The summed E-state index contributed by atoms with van der Waals surface area (Å²) >= 11 is 0. The van der Waals surface area contributed by atoms with Crippen molar-refractivity contribution in [1.29, 1.82) is 0 Å². The third kappa shape index (κ3) is 4.08. The Morgan fingerprint density at radius 3 is 2.92 bits per heavy atom. The summed E-state index contributed by atoms with van der Waals surface area (Å²) in [6.07, 6.45) is 3.69. The number of aromatic nitrogens is 1. The molecule has 1 aliphatic rings. The van der Waals surface area contributed by atoms with Crippen LogP contribution in [0.25, 0.3) is 0 Å². The minimum absolute atomic E-state index is 0.0651. The molecule has 1 aromatic carbocycles. The fourth-order valence-corrected chi connectivity index (χ4v) is 4.22. The van der Waals surface area contributed by atoms with Gasteiger partial charge in [0.2, 0.25) is 0 Å². The first-order chi connectivity index (χ1) is 11.9. The Bertz CT molecular complexity index is 835. The van der Waals surface area contributed by atoms with Crippen molar-refractivity contribution in [3.05, 3.63) is 53.5 Å². The highest BCUT2D eigenvalue weighted by Gasteiger charge is 2.33. The van der Waals surface area contributed by atoms with Crippen molar-refractivity contribution in [3.8, 4) is 0 Å². The van der Waals surface area contributed by atoms with Gasteiger partial charge in [-0.1, -0.05) is 12.1 Å². The lowest BCUT2D eigenvalue weighted by Crippen LogP contribution is -2.44. The van der Waals surface area contributed by atoms with Crippen LogP contribution in [-0.2, 0) is 16.6 Å². The van der Waals surface area contributed by atoms with Crippen LogP contribution in [0.4, 0.5) is 4.39 Å². The van der Waals surface area contributed by atoms with Crippen molar-refractivity contribution in [2.45, 2.75) is 25.2 Å². The molecule has 0 spiro atoms. The Morgan fingerprint density at radius 2 is 2.20 bits per heavy atom. The molecule has 1 aliphatic heterocycles. The van der Waals surface area contributed by atoms with Crippen LogP contribution in [0.5, 0.6) is 0 Å². The molecule has 1 aromatic heterocycles. The highest BCUT2D eigenvalue weighted by Crippen LogP contribution is 2.29. The van der Waals surface area contributed by atoms with Crippen LogP contribution in [0.3, 0.4) is 0 Å². The highest BCUT2D eigenvalue weighted by molar-refractivity contribution is 7.86. The minimum atomic E-state index is -3.43. The molecular weight excluding hydrogens is 345 g/mol. The van der Waals surface area contributed by atoms with E-state index in [-0.39, 0.29) is 11.7 Å². The summed E-state index contributed by atoms with van der Waals surface area (Å²) < 4.78 is 46.4. The molecule has 3 rings (SSSR count). The van der Waals surface area contributed by atoms with E-state index in [0.29, 0.717) is 31.2 Å². The van der Waals surface area contributed by atoms with Crippen LogP contribution >= 0.6 is 0 Å². The van der Waals surface area contributed by atoms with Gasteiger partial charge in [-0.05, 0) is 30.5 Å². The lowest BCUT2D eigenvalue weighted by Gasteiger charge is -2.32. The summed E-state index contributed by atoms with van der Waals surface area (Å²) in [7, 11) is -0.374. The monoisotopic (exact) mass is 367 g/mol. The standard InChI is InChI=1S/C17H22FN3O3S/c1-20(2)25(22,23)21-8-4-6-14(12-21)17-19-11-16(24-17)10-13-5-3-7-15(18)9-13/h3,5,7,9,11,14H,4,6,8,10,12H2,1-2H3/t14-/m0/s1. The van der Waals surface area contributed by atoms with E-state index in [0.717, 1.165) is 18.4 Å². The summed E-state index contributed by atoms with van der Waals surface area (Å²) in [5.41, 5.74) is 0.808. The molecular formula is C17H22FN3O3S. The van der Waals surface area contributed by atoms with Gasteiger partial charge in [0.05, 0.1) is 6.20 Å². The largest absolute Gasteiger partial charge is 0.445 e. The van der Waals surface area contributed by atoms with Gasteiger partial charge in [-0.25, -0.2) is 9.37 Å². The number of hydrogen-bond acceptors (Lipinski definition) is 4. The molecule has 1 saturated heterocycles. The predicted molar refractivity (Wildman–Crippen MR) is 91.9 cm³/mol. The van der Waals surface area contributed by atoms with Crippen molar-refractivity contribution in [1.82, 2.24) is 13.6 Å². The van der Waals surface area contributed by atoms with E-state index in [9.17, 15) is 12.8 Å². The fourth-order valence-electron chi connectivity index (χ4n) is 3.03. The van der Waals surface area contributed by atoms with Crippen molar-refractivity contribution in [3.63, 3.8) is 0 Å². The second kappa shape index (κ2) is 7.23. The van der Waals surface area contributed by atoms with Crippen LogP contribution in [0.1, 0.15) is 36.0 Å². The van der Waals surface area contributed by atoms with Gasteiger partial charge in [0.1, 0.15) is 11.6 Å². The molecule has 25 heavy (non-hydrogen) atoms. The van der Waals surface area contributed by atoms with Crippen molar-refractivity contribution >= 4 is 10.2 Å². The molecule has 6 nitrogen and oxygen atoms in total. The number of nitrogens with zero attached hydrogens (tertiary/aromatic N) is 3. The van der Waals surface area contributed by atoms with E-state index in [4.69, 9.17) is 4.42 Å². The predicted octanol–water partition coefficient (Wildman–Crippen LogP) is 2.39. The number of rotatable bonds is 5. The normalized spacial score (nSPS) is 19.4. The summed E-state index contributed by atoms with van der Waals surface area (Å²) in [5, 5.41) is 0. The quantitative estimate of drug-likeness (QED) is 0.814. The number of oxazole rings is 1. The Morgan fingerprint density at radius 1 is 1.40 bits per heavy atom. The van der Waals surface area contributed by atoms with E-state index < -0.39 is 10.2 Å². The number of benzene rings is 1. The number of hydrogen-bond donors (Lipinski definition) is 0. The van der Waals surface area contributed by atoms with Crippen LogP contribution in [0.15, 0.2) is 34.9 Å². The molecule has 1 fully saturated rings. The van der Waals surface area contributed by atoms with E-state index >= 15 is 0 Å². The van der Waals surface area contributed by atoms with Gasteiger partial charge in [-0.15, -0.1) is 0 Å². The average molecular weight is 367 g/mol. The Balaban J connectivity index is 1.71. The van der Waals surface area contributed by atoms with Crippen molar-refractivity contribution in [2.24, 2.45) is 0 Å². The van der Waals surface area contributed by atoms with Gasteiger partial charge in [-0.2, -0.15) is 17.0 Å². The molecule has 0 N–H and O–H groups in total. The van der Waals surface area contributed by atoms with E-state index in [1.165, 1.54) is 34.8 Å². The second-order valence-electron chi connectivity index (χ2n) is 6.46. The Labute approximate surface area is 147 Å². The third-order valence-corrected chi connectivity index (χ3v) is 6.27. The molecule has 0 saturated carbocycles. The lowest BCUT2D eigenvalue weighted by atomic mass is 10.00. The summed E-state index contributed by atoms with van der Waals surface area (Å²) in [6, 6.07) is 6.36. The van der Waals surface area contributed by atoms with Gasteiger partial charge < -0.3 is 4.42 Å². The first kappa shape index (κ1) is 18.0. The summed E-state index contributed by atoms with van der Waals surface area (Å²) in [6.45, 7) is 0.869. The zero-order valence-electron chi connectivity index (χ0n) is 14.4. The average Bonchev–Trinajstić information content (AvgIpc) is 3.03. The molecule has 0 bridgehead atoms. The Kier molecular flexibility index (Phi) is 5.21.